The molecule has 1 aliphatic heterocycles. The quantitative estimate of drug-likeness (QED) is 0.446. The van der Waals surface area contributed by atoms with E-state index in [0.717, 1.165) is 0 Å². The van der Waals surface area contributed by atoms with Crippen molar-refractivity contribution in [3.05, 3.63) is 33.9 Å². The minimum Gasteiger partial charge on any atom is -0.336 e. The molecule has 10 heteroatoms. The number of amides is 1. The summed E-state index contributed by atoms with van der Waals surface area (Å²) in [4.78, 5) is 24.1. The first-order chi connectivity index (χ1) is 9.85. The zero-order chi connectivity index (χ0) is 15.6. The number of anilines is 1. The second-order valence-electron chi connectivity index (χ2n) is 4.55. The second kappa shape index (κ2) is 5.66. The molecule has 0 aliphatic carbocycles. The predicted molar refractivity (Wildman–Crippen MR) is 75.5 cm³/mol. The molecule has 0 aromatic heterocycles. The summed E-state index contributed by atoms with van der Waals surface area (Å²) in [6.45, 7) is 0.0528. The van der Waals surface area contributed by atoms with Gasteiger partial charge >= 0.3 is 5.69 Å². The van der Waals surface area contributed by atoms with Gasteiger partial charge in [-0.15, -0.1) is 0 Å². The van der Waals surface area contributed by atoms with Gasteiger partial charge in [0.05, 0.1) is 16.4 Å². The lowest BCUT2D eigenvalue weighted by Gasteiger charge is -2.26. The van der Waals surface area contributed by atoms with Crippen LogP contribution < -0.4 is 11.3 Å². The van der Waals surface area contributed by atoms with E-state index in [0.29, 0.717) is 0 Å². The summed E-state index contributed by atoms with van der Waals surface area (Å²) < 4.78 is 22.7. The van der Waals surface area contributed by atoms with E-state index in [1.165, 1.54) is 23.1 Å². The SMILES string of the molecule is NNc1cccc(C(=O)N2CCS(=O)(=O)CC2)c1[N+](=O)[O-]. The summed E-state index contributed by atoms with van der Waals surface area (Å²) in [6.07, 6.45) is 0. The van der Waals surface area contributed by atoms with Gasteiger partial charge in [0.1, 0.15) is 11.3 Å². The van der Waals surface area contributed by atoms with Crippen LogP contribution in [0, 0.1) is 10.1 Å². The number of nitrogens with one attached hydrogen (secondary N) is 1. The minimum absolute atomic E-state index is 0.0236. The smallest absolute Gasteiger partial charge is 0.306 e. The van der Waals surface area contributed by atoms with Crippen LogP contribution in [0.5, 0.6) is 0 Å². The molecule has 1 aromatic carbocycles. The number of hydrazine groups is 1. The Morgan fingerprint density at radius 3 is 2.48 bits per heavy atom. The summed E-state index contributed by atoms with van der Waals surface area (Å²) in [5.74, 6) is 4.36. The number of nitrogens with zero attached hydrogens (tertiary/aromatic N) is 2. The Bertz CT molecular complexity index is 674. The highest BCUT2D eigenvalue weighted by Crippen LogP contribution is 2.29. The number of hydrogen-bond acceptors (Lipinski definition) is 7. The third kappa shape index (κ3) is 3.11. The Morgan fingerprint density at radius 1 is 1.33 bits per heavy atom. The number of nitro groups is 1. The minimum atomic E-state index is -3.13. The van der Waals surface area contributed by atoms with Crippen LogP contribution in [0.25, 0.3) is 0 Å². The molecule has 0 atom stereocenters. The number of nitro benzene ring substituents is 1. The van der Waals surface area contributed by atoms with Crippen LogP contribution in [0.2, 0.25) is 0 Å². The fraction of sp³-hybridized carbons (Fsp3) is 0.364. The molecule has 21 heavy (non-hydrogen) atoms. The molecule has 9 nitrogen and oxygen atoms in total. The summed E-state index contributed by atoms with van der Waals surface area (Å²) in [7, 11) is -3.13. The van der Waals surface area contributed by atoms with E-state index in [9.17, 15) is 23.3 Å². The van der Waals surface area contributed by atoms with Crippen LogP contribution in [-0.4, -0.2) is 48.7 Å². The van der Waals surface area contributed by atoms with Crippen LogP contribution in [-0.2, 0) is 9.84 Å². The maximum Gasteiger partial charge on any atom is 0.306 e. The van der Waals surface area contributed by atoms with Gasteiger partial charge in [0.2, 0.25) is 0 Å². The standard InChI is InChI=1S/C11H14N4O5S/c12-13-9-3-1-2-8(10(9)15(17)18)11(16)14-4-6-21(19,20)7-5-14/h1-3,13H,4-7,12H2. The highest BCUT2D eigenvalue weighted by atomic mass is 32.2. The fourth-order valence-electron chi connectivity index (χ4n) is 2.12. The second-order valence-corrected chi connectivity index (χ2v) is 6.85. The largest absolute Gasteiger partial charge is 0.336 e. The molecule has 1 heterocycles. The lowest BCUT2D eigenvalue weighted by Crippen LogP contribution is -2.43. The molecule has 0 saturated carbocycles. The Morgan fingerprint density at radius 2 is 1.95 bits per heavy atom. The number of hydrogen-bond donors (Lipinski definition) is 2. The summed E-state index contributed by atoms with van der Waals surface area (Å²) >= 11 is 0. The van der Waals surface area contributed by atoms with Crippen molar-refractivity contribution in [1.82, 2.24) is 4.90 Å². The number of nitrogen functional groups attached to an aromatic ring is 1. The number of nitrogens with two attached hydrogens (primary N) is 1. The Balaban J connectivity index is 2.34. The molecule has 0 spiro atoms. The third-order valence-corrected chi connectivity index (χ3v) is 4.85. The van der Waals surface area contributed by atoms with E-state index in [1.807, 2.05) is 0 Å². The van der Waals surface area contributed by atoms with Crippen LogP contribution in [0.1, 0.15) is 10.4 Å². The van der Waals surface area contributed by atoms with E-state index in [-0.39, 0.29) is 35.8 Å². The molecule has 1 saturated heterocycles. The topological polar surface area (TPSA) is 136 Å². The number of carbonyl (C=O) groups excluding carboxylic acids is 1. The average molecular weight is 314 g/mol. The summed E-state index contributed by atoms with van der Waals surface area (Å²) in [5, 5.41) is 11.1. The van der Waals surface area contributed by atoms with Crippen LogP contribution in [0.4, 0.5) is 11.4 Å². The molecule has 1 aromatic rings. The molecule has 1 aliphatic rings. The number of para-hydroxylation sites is 1. The number of benzene rings is 1. The van der Waals surface area contributed by atoms with Gasteiger partial charge in [-0.25, -0.2) is 8.42 Å². The maximum absolute atomic E-state index is 12.4. The van der Waals surface area contributed by atoms with E-state index in [1.54, 1.807) is 0 Å². The Kier molecular flexibility index (Phi) is 4.09. The van der Waals surface area contributed by atoms with Gasteiger partial charge in [0, 0.05) is 13.1 Å². The molecule has 1 fully saturated rings. The fourth-order valence-corrected chi connectivity index (χ4v) is 3.32. The lowest BCUT2D eigenvalue weighted by atomic mass is 10.1. The van der Waals surface area contributed by atoms with Gasteiger partial charge < -0.3 is 10.3 Å². The summed E-state index contributed by atoms with van der Waals surface area (Å²) in [5.41, 5.74) is 1.67. The molecule has 0 unspecified atom stereocenters. The van der Waals surface area contributed by atoms with Crippen LogP contribution in [0.15, 0.2) is 18.2 Å². The predicted octanol–water partition coefficient (Wildman–Crippen LogP) is -0.249. The molecule has 2 rings (SSSR count). The Labute approximate surface area is 120 Å². The first-order valence-electron chi connectivity index (χ1n) is 6.09. The average Bonchev–Trinajstić information content (AvgIpc) is 2.45. The van der Waals surface area contributed by atoms with Crippen molar-refractivity contribution in [2.75, 3.05) is 30.0 Å². The van der Waals surface area contributed by atoms with Crippen molar-refractivity contribution >= 4 is 27.1 Å². The van der Waals surface area contributed by atoms with Gasteiger partial charge in [0.15, 0.2) is 9.84 Å². The molecule has 3 N–H and O–H groups in total. The van der Waals surface area contributed by atoms with Gasteiger partial charge in [-0.3, -0.25) is 20.8 Å². The van der Waals surface area contributed by atoms with Crippen molar-refractivity contribution in [1.29, 1.82) is 0 Å². The first-order valence-corrected chi connectivity index (χ1v) is 7.91. The number of sulfone groups is 1. The zero-order valence-corrected chi connectivity index (χ0v) is 11.8. The van der Waals surface area contributed by atoms with E-state index in [4.69, 9.17) is 5.84 Å². The third-order valence-electron chi connectivity index (χ3n) is 3.24. The molecular formula is C11H14N4O5S. The highest BCUT2D eigenvalue weighted by molar-refractivity contribution is 7.91. The van der Waals surface area contributed by atoms with E-state index >= 15 is 0 Å². The molecular weight excluding hydrogens is 300 g/mol. The van der Waals surface area contributed by atoms with Crippen molar-refractivity contribution in [2.24, 2.45) is 5.84 Å². The van der Waals surface area contributed by atoms with Crippen molar-refractivity contribution < 1.29 is 18.1 Å². The van der Waals surface area contributed by atoms with E-state index in [2.05, 4.69) is 5.43 Å². The Hall–Kier alpha value is -2.20. The van der Waals surface area contributed by atoms with Crippen molar-refractivity contribution in [2.45, 2.75) is 0 Å². The maximum atomic E-state index is 12.4. The van der Waals surface area contributed by atoms with Gasteiger partial charge in [-0.1, -0.05) is 6.07 Å². The first kappa shape index (κ1) is 15.2. The van der Waals surface area contributed by atoms with Crippen molar-refractivity contribution in [3.63, 3.8) is 0 Å². The van der Waals surface area contributed by atoms with Crippen molar-refractivity contribution in [3.8, 4) is 0 Å². The van der Waals surface area contributed by atoms with E-state index < -0.39 is 26.4 Å². The molecule has 0 radical (unpaired) electrons. The molecule has 1 amide bonds. The number of carbonyl (C=O) groups is 1. The van der Waals surface area contributed by atoms with Crippen LogP contribution >= 0.6 is 0 Å². The van der Waals surface area contributed by atoms with Gasteiger partial charge in [0.25, 0.3) is 5.91 Å². The van der Waals surface area contributed by atoms with Gasteiger partial charge in [-0.05, 0) is 12.1 Å². The summed E-state index contributed by atoms with van der Waals surface area (Å²) in [6, 6.07) is 4.18. The molecule has 0 bridgehead atoms. The zero-order valence-electron chi connectivity index (χ0n) is 11.0. The number of rotatable bonds is 3. The van der Waals surface area contributed by atoms with Gasteiger partial charge in [-0.2, -0.15) is 0 Å². The van der Waals surface area contributed by atoms with Crippen LogP contribution in [0.3, 0.4) is 0 Å². The normalized spacial score (nSPS) is 17.3. The molecule has 114 valence electrons. The highest BCUT2D eigenvalue weighted by Gasteiger charge is 2.31. The lowest BCUT2D eigenvalue weighted by molar-refractivity contribution is -0.384. The monoisotopic (exact) mass is 314 g/mol.